The molecule has 1 atom stereocenters. The van der Waals surface area contributed by atoms with Crippen LogP contribution in [0.1, 0.15) is 33.1 Å². The maximum Gasteiger partial charge on any atom is 0.240 e. The molecule has 0 spiro atoms. The van der Waals surface area contributed by atoms with Crippen LogP contribution >= 0.6 is 0 Å². The molecule has 1 saturated heterocycles. The monoisotopic (exact) mass is 383 g/mol. The maximum atomic E-state index is 12.5. The fourth-order valence-electron chi connectivity index (χ4n) is 3.22. The number of carbonyl (C=O) groups is 1. The van der Waals surface area contributed by atoms with Gasteiger partial charge < -0.3 is 15.0 Å². The van der Waals surface area contributed by atoms with E-state index in [4.69, 9.17) is 4.74 Å². The molecule has 26 heavy (non-hydrogen) atoms. The van der Waals surface area contributed by atoms with E-state index in [9.17, 15) is 13.2 Å². The van der Waals surface area contributed by atoms with Crippen molar-refractivity contribution in [3.05, 3.63) is 18.2 Å². The zero-order valence-electron chi connectivity index (χ0n) is 15.7. The second kappa shape index (κ2) is 9.34. The lowest BCUT2D eigenvalue weighted by Crippen LogP contribution is -2.36. The molecule has 2 rings (SSSR count). The van der Waals surface area contributed by atoms with E-state index >= 15 is 0 Å². The third kappa shape index (κ3) is 5.96. The molecule has 0 saturated carbocycles. The predicted molar refractivity (Wildman–Crippen MR) is 102 cm³/mol. The van der Waals surface area contributed by atoms with Crippen LogP contribution in [0.25, 0.3) is 0 Å². The summed E-state index contributed by atoms with van der Waals surface area (Å²) in [6.45, 7) is 7.08. The third-order valence-corrected chi connectivity index (χ3v) is 5.93. The summed E-state index contributed by atoms with van der Waals surface area (Å²) in [5, 5.41) is 2.59. The summed E-state index contributed by atoms with van der Waals surface area (Å²) >= 11 is 0. The van der Waals surface area contributed by atoms with Gasteiger partial charge in [0.2, 0.25) is 15.9 Å². The van der Waals surface area contributed by atoms with Crippen LogP contribution < -0.4 is 14.8 Å². The summed E-state index contributed by atoms with van der Waals surface area (Å²) in [5.41, 5.74) is 0.338. The summed E-state index contributed by atoms with van der Waals surface area (Å²) in [4.78, 5) is 13.8. The van der Waals surface area contributed by atoms with Crippen molar-refractivity contribution in [1.29, 1.82) is 0 Å². The van der Waals surface area contributed by atoms with Crippen LogP contribution in [0.4, 0.5) is 5.69 Å². The minimum absolute atomic E-state index is 0.105. The largest absolute Gasteiger partial charge is 0.495 e. The highest BCUT2D eigenvalue weighted by Gasteiger charge is 2.18. The Hall–Kier alpha value is -1.64. The number of benzene rings is 1. The zero-order valence-corrected chi connectivity index (χ0v) is 16.6. The number of hydrogen-bond acceptors (Lipinski definition) is 5. The Balaban J connectivity index is 1.93. The van der Waals surface area contributed by atoms with Gasteiger partial charge >= 0.3 is 0 Å². The van der Waals surface area contributed by atoms with Crippen molar-refractivity contribution < 1.29 is 17.9 Å². The average molecular weight is 384 g/mol. The molecule has 0 radical (unpaired) electrons. The summed E-state index contributed by atoms with van der Waals surface area (Å²) in [7, 11) is -2.17. The summed E-state index contributed by atoms with van der Waals surface area (Å²) in [5.74, 6) is 0.840. The normalized spacial score (nSPS) is 18.5. The molecule has 146 valence electrons. The first-order valence-electron chi connectivity index (χ1n) is 8.99. The Morgan fingerprint density at radius 3 is 2.81 bits per heavy atom. The van der Waals surface area contributed by atoms with E-state index in [0.29, 0.717) is 23.9 Å². The van der Waals surface area contributed by atoms with E-state index in [1.807, 2.05) is 0 Å². The number of carbonyl (C=O) groups excluding carboxylic acids is 1. The first-order chi connectivity index (χ1) is 12.3. The Morgan fingerprint density at radius 1 is 1.38 bits per heavy atom. The number of nitrogens with zero attached hydrogens (tertiary/aromatic N) is 1. The van der Waals surface area contributed by atoms with Crippen molar-refractivity contribution in [1.82, 2.24) is 9.62 Å². The number of sulfonamides is 1. The quantitative estimate of drug-likeness (QED) is 0.671. The number of amides is 1. The van der Waals surface area contributed by atoms with Gasteiger partial charge in [-0.05, 0) is 56.5 Å². The SMILES string of the molecule is COc1ccc(S(=O)(=O)NCCCN2CCCC(C)C2)cc1NC(C)=O. The molecule has 1 fully saturated rings. The number of anilines is 1. The topological polar surface area (TPSA) is 87.7 Å². The van der Waals surface area contributed by atoms with Crippen LogP contribution in [-0.2, 0) is 14.8 Å². The lowest BCUT2D eigenvalue weighted by atomic mass is 10.0. The smallest absolute Gasteiger partial charge is 0.240 e. The Kier molecular flexibility index (Phi) is 7.43. The van der Waals surface area contributed by atoms with Crippen molar-refractivity contribution in [2.45, 2.75) is 38.0 Å². The molecule has 0 aromatic heterocycles. The number of rotatable bonds is 8. The number of nitrogens with one attached hydrogen (secondary N) is 2. The molecule has 1 heterocycles. The standard InChI is InChI=1S/C18H29N3O4S/c1-14-6-4-10-21(13-14)11-5-9-19-26(23,24)16-7-8-18(25-3)17(12-16)20-15(2)22/h7-8,12,14,19H,4-6,9-11,13H2,1-3H3,(H,20,22). The van der Waals surface area contributed by atoms with Crippen LogP contribution in [0.2, 0.25) is 0 Å². The van der Waals surface area contributed by atoms with Crippen molar-refractivity contribution in [2.24, 2.45) is 5.92 Å². The van der Waals surface area contributed by atoms with Crippen LogP contribution in [0.15, 0.2) is 23.1 Å². The van der Waals surface area contributed by atoms with E-state index in [1.165, 1.54) is 45.1 Å². The number of likely N-dealkylation sites (tertiary alicyclic amines) is 1. The molecule has 0 bridgehead atoms. The first-order valence-corrected chi connectivity index (χ1v) is 10.5. The third-order valence-electron chi connectivity index (χ3n) is 4.48. The van der Waals surface area contributed by atoms with Crippen molar-refractivity contribution >= 4 is 21.6 Å². The van der Waals surface area contributed by atoms with Crippen LogP contribution in [-0.4, -0.2) is 52.5 Å². The molecule has 1 amide bonds. The second-order valence-corrected chi connectivity index (χ2v) is 8.61. The first kappa shape index (κ1) is 20.7. The van der Waals surface area contributed by atoms with E-state index in [0.717, 1.165) is 26.1 Å². The highest BCUT2D eigenvalue weighted by atomic mass is 32.2. The molecular formula is C18H29N3O4S. The van der Waals surface area contributed by atoms with E-state index in [1.54, 1.807) is 0 Å². The highest BCUT2D eigenvalue weighted by Crippen LogP contribution is 2.27. The lowest BCUT2D eigenvalue weighted by Gasteiger charge is -2.30. The van der Waals surface area contributed by atoms with E-state index in [-0.39, 0.29) is 10.8 Å². The van der Waals surface area contributed by atoms with Gasteiger partial charge in [0.15, 0.2) is 0 Å². The molecule has 1 aromatic carbocycles. The summed E-state index contributed by atoms with van der Waals surface area (Å²) < 4.78 is 32.8. The molecule has 2 N–H and O–H groups in total. The average Bonchev–Trinajstić information content (AvgIpc) is 2.58. The predicted octanol–water partition coefficient (Wildman–Crippen LogP) is 2.05. The van der Waals surface area contributed by atoms with Crippen molar-refractivity contribution in [3.63, 3.8) is 0 Å². The summed E-state index contributed by atoms with van der Waals surface area (Å²) in [6, 6.07) is 4.42. The van der Waals surface area contributed by atoms with Crippen LogP contribution in [0.3, 0.4) is 0 Å². The van der Waals surface area contributed by atoms with E-state index in [2.05, 4.69) is 21.9 Å². The minimum Gasteiger partial charge on any atom is -0.495 e. The van der Waals surface area contributed by atoms with Gasteiger partial charge in [-0.15, -0.1) is 0 Å². The van der Waals surface area contributed by atoms with Gasteiger partial charge in [0.05, 0.1) is 17.7 Å². The van der Waals surface area contributed by atoms with Gasteiger partial charge in [-0.3, -0.25) is 4.79 Å². The Morgan fingerprint density at radius 2 is 2.15 bits per heavy atom. The number of piperidine rings is 1. The zero-order chi connectivity index (χ0) is 19.2. The fraction of sp³-hybridized carbons (Fsp3) is 0.611. The molecule has 1 aliphatic rings. The molecule has 1 aromatic rings. The number of hydrogen-bond donors (Lipinski definition) is 2. The van der Waals surface area contributed by atoms with Gasteiger partial charge in [0.25, 0.3) is 0 Å². The Labute approximate surface area is 156 Å². The summed E-state index contributed by atoms with van der Waals surface area (Å²) in [6.07, 6.45) is 3.25. The maximum absolute atomic E-state index is 12.5. The number of methoxy groups -OCH3 is 1. The Bertz CT molecular complexity index is 721. The molecule has 1 aliphatic heterocycles. The molecule has 0 aliphatic carbocycles. The van der Waals surface area contributed by atoms with E-state index < -0.39 is 10.0 Å². The second-order valence-electron chi connectivity index (χ2n) is 6.84. The van der Waals surface area contributed by atoms with Gasteiger partial charge in [-0.25, -0.2) is 13.1 Å². The van der Waals surface area contributed by atoms with Crippen LogP contribution in [0.5, 0.6) is 5.75 Å². The lowest BCUT2D eigenvalue weighted by molar-refractivity contribution is -0.114. The molecule has 1 unspecified atom stereocenters. The van der Waals surface area contributed by atoms with Crippen LogP contribution in [0, 0.1) is 5.92 Å². The minimum atomic E-state index is -3.63. The molecule has 8 heteroatoms. The highest BCUT2D eigenvalue weighted by molar-refractivity contribution is 7.89. The van der Waals surface area contributed by atoms with Crippen molar-refractivity contribution in [2.75, 3.05) is 38.6 Å². The van der Waals surface area contributed by atoms with Gasteiger partial charge in [0.1, 0.15) is 5.75 Å². The van der Waals surface area contributed by atoms with Gasteiger partial charge in [0, 0.05) is 20.0 Å². The van der Waals surface area contributed by atoms with Gasteiger partial charge in [-0.1, -0.05) is 6.92 Å². The molecular weight excluding hydrogens is 354 g/mol. The van der Waals surface area contributed by atoms with Gasteiger partial charge in [-0.2, -0.15) is 0 Å². The van der Waals surface area contributed by atoms with Crippen molar-refractivity contribution in [3.8, 4) is 5.75 Å². The number of ether oxygens (including phenoxy) is 1. The fourth-order valence-corrected chi connectivity index (χ4v) is 4.32. The molecule has 7 nitrogen and oxygen atoms in total.